The van der Waals surface area contributed by atoms with E-state index in [2.05, 4.69) is 5.32 Å². The first-order chi connectivity index (χ1) is 6.31. The van der Waals surface area contributed by atoms with Gasteiger partial charge in [0.15, 0.2) is 0 Å². The number of likely N-dealkylation sites (tertiary alicyclic amines) is 1. The van der Waals surface area contributed by atoms with Gasteiger partial charge in [-0.25, -0.2) is 0 Å². The molecular weight excluding hydrogens is 184 g/mol. The van der Waals surface area contributed by atoms with Crippen molar-refractivity contribution >= 4 is 17.7 Å². The normalized spacial score (nSPS) is 32.2. The summed E-state index contributed by atoms with van der Waals surface area (Å²) in [4.78, 5) is 13.6. The van der Waals surface area contributed by atoms with Crippen LogP contribution >= 0.6 is 11.8 Å². The molecule has 2 atom stereocenters. The van der Waals surface area contributed by atoms with E-state index in [1.165, 1.54) is 0 Å². The lowest BCUT2D eigenvalue weighted by atomic mass is 10.0. The third kappa shape index (κ3) is 1.83. The van der Waals surface area contributed by atoms with E-state index in [1.807, 2.05) is 11.2 Å². The number of thioether (sulfide) groups is 1. The first kappa shape index (κ1) is 9.34. The summed E-state index contributed by atoms with van der Waals surface area (Å²) < 4.78 is 0. The fraction of sp³-hybridized carbons (Fsp3) is 0.889. The maximum absolute atomic E-state index is 11.6. The molecule has 1 amide bonds. The monoisotopic (exact) mass is 200 g/mol. The standard InChI is InChI=1S/C9H16N2OS/c1-13-6-9(12)11-4-7-2-10-3-8(7)5-11/h7-8,10H,2-6H2,1H3. The zero-order valence-corrected chi connectivity index (χ0v) is 8.77. The van der Waals surface area contributed by atoms with Gasteiger partial charge < -0.3 is 10.2 Å². The summed E-state index contributed by atoms with van der Waals surface area (Å²) in [6.45, 7) is 4.18. The fourth-order valence-electron chi connectivity index (χ4n) is 2.27. The molecule has 2 heterocycles. The molecular formula is C9H16N2OS. The van der Waals surface area contributed by atoms with E-state index < -0.39 is 0 Å². The molecule has 2 unspecified atom stereocenters. The minimum absolute atomic E-state index is 0.321. The summed E-state index contributed by atoms with van der Waals surface area (Å²) >= 11 is 1.62. The first-order valence-corrected chi connectivity index (χ1v) is 6.18. The summed E-state index contributed by atoms with van der Waals surface area (Å²) in [7, 11) is 0. The second kappa shape index (κ2) is 3.88. The lowest BCUT2D eigenvalue weighted by molar-refractivity contribution is -0.127. The molecule has 4 heteroatoms. The third-order valence-corrected chi connectivity index (χ3v) is 3.55. The number of nitrogens with one attached hydrogen (secondary N) is 1. The van der Waals surface area contributed by atoms with Crippen LogP contribution in [0.1, 0.15) is 0 Å². The highest BCUT2D eigenvalue weighted by Crippen LogP contribution is 2.26. The van der Waals surface area contributed by atoms with Crippen molar-refractivity contribution in [3.63, 3.8) is 0 Å². The summed E-state index contributed by atoms with van der Waals surface area (Å²) in [6, 6.07) is 0. The van der Waals surface area contributed by atoms with Crippen molar-refractivity contribution in [3.8, 4) is 0 Å². The Morgan fingerprint density at radius 2 is 2.08 bits per heavy atom. The van der Waals surface area contributed by atoms with E-state index in [0.29, 0.717) is 11.7 Å². The summed E-state index contributed by atoms with van der Waals surface area (Å²) in [5.74, 6) is 2.42. The molecule has 0 saturated carbocycles. The molecule has 2 aliphatic rings. The largest absolute Gasteiger partial charge is 0.341 e. The lowest BCUT2D eigenvalue weighted by Crippen LogP contribution is -2.33. The van der Waals surface area contributed by atoms with E-state index in [-0.39, 0.29) is 0 Å². The number of fused-ring (bicyclic) bond motifs is 1. The van der Waals surface area contributed by atoms with Crippen molar-refractivity contribution in [2.75, 3.05) is 38.2 Å². The molecule has 0 aliphatic carbocycles. The molecule has 0 bridgehead atoms. The molecule has 0 aromatic rings. The van der Waals surface area contributed by atoms with Gasteiger partial charge in [-0.05, 0) is 18.1 Å². The Kier molecular flexibility index (Phi) is 2.79. The highest BCUT2D eigenvalue weighted by molar-refractivity contribution is 7.99. The Morgan fingerprint density at radius 1 is 1.46 bits per heavy atom. The zero-order chi connectivity index (χ0) is 9.26. The summed E-state index contributed by atoms with van der Waals surface area (Å²) in [6.07, 6.45) is 1.98. The van der Waals surface area contributed by atoms with Crippen LogP contribution in [-0.2, 0) is 4.79 Å². The van der Waals surface area contributed by atoms with Crippen LogP contribution in [-0.4, -0.2) is 49.0 Å². The average molecular weight is 200 g/mol. The first-order valence-electron chi connectivity index (χ1n) is 4.78. The van der Waals surface area contributed by atoms with Crippen LogP contribution < -0.4 is 5.32 Å². The van der Waals surface area contributed by atoms with Crippen molar-refractivity contribution in [3.05, 3.63) is 0 Å². The molecule has 13 heavy (non-hydrogen) atoms. The van der Waals surface area contributed by atoms with Crippen LogP contribution in [0.4, 0.5) is 0 Å². The second-order valence-corrected chi connectivity index (χ2v) is 4.78. The summed E-state index contributed by atoms with van der Waals surface area (Å²) in [5.41, 5.74) is 0. The van der Waals surface area contributed by atoms with Gasteiger partial charge in [0.1, 0.15) is 0 Å². The molecule has 2 aliphatic heterocycles. The van der Waals surface area contributed by atoms with Gasteiger partial charge in [0.05, 0.1) is 5.75 Å². The Balaban J connectivity index is 1.87. The molecule has 2 fully saturated rings. The van der Waals surface area contributed by atoms with Gasteiger partial charge in [-0.1, -0.05) is 0 Å². The molecule has 0 radical (unpaired) electrons. The predicted octanol–water partition coefficient (Wildman–Crippen LogP) is 0.0272. The van der Waals surface area contributed by atoms with Crippen LogP contribution in [0.2, 0.25) is 0 Å². The molecule has 0 spiro atoms. The SMILES string of the molecule is CSCC(=O)N1CC2CNCC2C1. The van der Waals surface area contributed by atoms with Crippen LogP contribution in [0.15, 0.2) is 0 Å². The number of rotatable bonds is 2. The van der Waals surface area contributed by atoms with Crippen molar-refractivity contribution in [1.82, 2.24) is 10.2 Å². The molecule has 74 valence electrons. The van der Waals surface area contributed by atoms with Crippen molar-refractivity contribution < 1.29 is 4.79 Å². The van der Waals surface area contributed by atoms with Gasteiger partial charge in [0, 0.05) is 26.2 Å². The van der Waals surface area contributed by atoms with E-state index in [4.69, 9.17) is 0 Å². The Labute approximate surface area is 83.2 Å². The van der Waals surface area contributed by atoms with Crippen LogP contribution in [0.3, 0.4) is 0 Å². The highest BCUT2D eigenvalue weighted by Gasteiger charge is 2.37. The van der Waals surface area contributed by atoms with E-state index >= 15 is 0 Å². The van der Waals surface area contributed by atoms with Gasteiger partial charge >= 0.3 is 0 Å². The molecule has 3 nitrogen and oxygen atoms in total. The number of hydrogen-bond acceptors (Lipinski definition) is 3. The Morgan fingerprint density at radius 3 is 2.62 bits per heavy atom. The topological polar surface area (TPSA) is 32.3 Å². The van der Waals surface area contributed by atoms with Crippen LogP contribution in [0.5, 0.6) is 0 Å². The number of carbonyl (C=O) groups excluding carboxylic acids is 1. The van der Waals surface area contributed by atoms with E-state index in [0.717, 1.165) is 38.0 Å². The second-order valence-electron chi connectivity index (χ2n) is 3.91. The quantitative estimate of drug-likeness (QED) is 0.682. The van der Waals surface area contributed by atoms with E-state index in [1.54, 1.807) is 11.8 Å². The predicted molar refractivity (Wildman–Crippen MR) is 54.8 cm³/mol. The molecule has 0 aromatic heterocycles. The number of nitrogens with zero attached hydrogens (tertiary/aromatic N) is 1. The van der Waals surface area contributed by atoms with Crippen molar-refractivity contribution in [2.45, 2.75) is 0 Å². The van der Waals surface area contributed by atoms with Gasteiger partial charge in [-0.2, -0.15) is 11.8 Å². The lowest BCUT2D eigenvalue weighted by Gasteiger charge is -2.16. The smallest absolute Gasteiger partial charge is 0.232 e. The number of amides is 1. The van der Waals surface area contributed by atoms with Crippen molar-refractivity contribution in [1.29, 1.82) is 0 Å². The molecule has 1 N–H and O–H groups in total. The van der Waals surface area contributed by atoms with Gasteiger partial charge in [-0.15, -0.1) is 0 Å². The Bertz CT molecular complexity index is 198. The van der Waals surface area contributed by atoms with Gasteiger partial charge in [-0.3, -0.25) is 4.79 Å². The van der Waals surface area contributed by atoms with Crippen molar-refractivity contribution in [2.24, 2.45) is 11.8 Å². The fourth-order valence-corrected chi connectivity index (χ4v) is 2.70. The van der Waals surface area contributed by atoms with E-state index in [9.17, 15) is 4.79 Å². The third-order valence-electron chi connectivity index (χ3n) is 3.01. The molecule has 2 rings (SSSR count). The summed E-state index contributed by atoms with van der Waals surface area (Å²) in [5, 5.41) is 3.37. The maximum atomic E-state index is 11.6. The van der Waals surface area contributed by atoms with Gasteiger partial charge in [0.2, 0.25) is 5.91 Å². The molecule has 0 aromatic carbocycles. The number of hydrogen-bond donors (Lipinski definition) is 1. The Hall–Kier alpha value is -0.220. The minimum Gasteiger partial charge on any atom is -0.341 e. The zero-order valence-electron chi connectivity index (χ0n) is 7.95. The maximum Gasteiger partial charge on any atom is 0.232 e. The van der Waals surface area contributed by atoms with Crippen LogP contribution in [0, 0.1) is 11.8 Å². The van der Waals surface area contributed by atoms with Gasteiger partial charge in [0.25, 0.3) is 0 Å². The molecule has 2 saturated heterocycles. The number of carbonyl (C=O) groups is 1. The van der Waals surface area contributed by atoms with Crippen LogP contribution in [0.25, 0.3) is 0 Å². The average Bonchev–Trinajstić information content (AvgIpc) is 2.61. The highest BCUT2D eigenvalue weighted by atomic mass is 32.2. The minimum atomic E-state index is 0.321.